The quantitative estimate of drug-likeness (QED) is 0.830. The second-order valence-corrected chi connectivity index (χ2v) is 5.60. The van der Waals surface area contributed by atoms with Crippen LogP contribution in [0.4, 0.5) is 5.82 Å². The monoisotopic (exact) mass is 276 g/mol. The van der Waals surface area contributed by atoms with Gasteiger partial charge in [0.05, 0.1) is 12.4 Å². The molecule has 1 saturated carbocycles. The Labute approximate surface area is 120 Å². The largest absolute Gasteiger partial charge is 0.369 e. The van der Waals surface area contributed by atoms with Gasteiger partial charge in [0.15, 0.2) is 0 Å². The van der Waals surface area contributed by atoms with Crippen LogP contribution in [0, 0.1) is 5.92 Å². The minimum Gasteiger partial charge on any atom is -0.369 e. The maximum absolute atomic E-state index is 12.2. The molecule has 5 nitrogen and oxygen atoms in total. The predicted molar refractivity (Wildman–Crippen MR) is 79.7 cm³/mol. The van der Waals surface area contributed by atoms with Gasteiger partial charge in [-0.1, -0.05) is 19.8 Å². The van der Waals surface area contributed by atoms with E-state index in [0.29, 0.717) is 11.5 Å². The van der Waals surface area contributed by atoms with Crippen molar-refractivity contribution in [3.63, 3.8) is 0 Å². The van der Waals surface area contributed by atoms with Crippen LogP contribution in [0.1, 0.15) is 56.4 Å². The molecule has 0 aliphatic heterocycles. The Morgan fingerprint density at radius 2 is 2.15 bits per heavy atom. The van der Waals surface area contributed by atoms with Crippen molar-refractivity contribution in [3.8, 4) is 0 Å². The summed E-state index contributed by atoms with van der Waals surface area (Å²) in [5, 5.41) is 6.16. The molecule has 1 heterocycles. The number of hydrogen-bond donors (Lipinski definition) is 2. The highest BCUT2D eigenvalue weighted by Crippen LogP contribution is 2.22. The maximum atomic E-state index is 12.2. The molecule has 0 saturated heterocycles. The predicted octanol–water partition coefficient (Wildman–Crippen LogP) is 2.61. The van der Waals surface area contributed by atoms with Crippen molar-refractivity contribution in [1.82, 2.24) is 15.3 Å². The van der Waals surface area contributed by atoms with Crippen LogP contribution >= 0.6 is 0 Å². The molecule has 1 fully saturated rings. The van der Waals surface area contributed by atoms with E-state index >= 15 is 0 Å². The maximum Gasteiger partial charge on any atom is 0.271 e. The number of amides is 1. The number of carbonyl (C=O) groups excluding carboxylic acids is 1. The lowest BCUT2D eigenvalue weighted by Gasteiger charge is -2.16. The van der Waals surface area contributed by atoms with Crippen molar-refractivity contribution >= 4 is 11.7 Å². The Hall–Kier alpha value is -1.65. The summed E-state index contributed by atoms with van der Waals surface area (Å²) in [7, 11) is 0. The number of rotatable bonds is 4. The lowest BCUT2D eigenvalue weighted by Crippen LogP contribution is -2.35. The highest BCUT2D eigenvalue weighted by atomic mass is 16.1. The van der Waals surface area contributed by atoms with Gasteiger partial charge in [-0.2, -0.15) is 0 Å². The number of nitrogens with one attached hydrogen (secondary N) is 2. The van der Waals surface area contributed by atoms with E-state index in [1.807, 2.05) is 6.92 Å². The molecular formula is C15H24N4O. The second kappa shape index (κ2) is 7.22. The van der Waals surface area contributed by atoms with Crippen molar-refractivity contribution in [1.29, 1.82) is 0 Å². The van der Waals surface area contributed by atoms with E-state index in [4.69, 9.17) is 0 Å². The first-order valence-corrected chi connectivity index (χ1v) is 7.55. The van der Waals surface area contributed by atoms with E-state index in [0.717, 1.165) is 25.3 Å². The summed E-state index contributed by atoms with van der Waals surface area (Å²) in [6.07, 6.45) is 8.93. The van der Waals surface area contributed by atoms with Crippen molar-refractivity contribution in [2.45, 2.75) is 52.0 Å². The molecule has 2 unspecified atom stereocenters. The highest BCUT2D eigenvalue weighted by molar-refractivity contribution is 5.92. The molecule has 1 aromatic heterocycles. The zero-order valence-electron chi connectivity index (χ0n) is 12.4. The van der Waals surface area contributed by atoms with Crippen LogP contribution in [0.15, 0.2) is 12.4 Å². The van der Waals surface area contributed by atoms with Crippen LogP contribution < -0.4 is 10.6 Å². The zero-order valence-corrected chi connectivity index (χ0v) is 12.4. The van der Waals surface area contributed by atoms with Crippen molar-refractivity contribution < 1.29 is 4.79 Å². The fourth-order valence-corrected chi connectivity index (χ4v) is 2.63. The van der Waals surface area contributed by atoms with E-state index < -0.39 is 0 Å². The van der Waals surface area contributed by atoms with Crippen LogP contribution in [0.2, 0.25) is 0 Å². The van der Waals surface area contributed by atoms with Crippen LogP contribution in [0.3, 0.4) is 0 Å². The Balaban J connectivity index is 1.95. The summed E-state index contributed by atoms with van der Waals surface area (Å²) in [6, 6.07) is 0.275. The van der Waals surface area contributed by atoms with Gasteiger partial charge in [0.2, 0.25) is 0 Å². The van der Waals surface area contributed by atoms with Crippen LogP contribution in [0.25, 0.3) is 0 Å². The van der Waals surface area contributed by atoms with Crippen LogP contribution in [0.5, 0.6) is 0 Å². The van der Waals surface area contributed by atoms with Gasteiger partial charge in [-0.3, -0.25) is 9.78 Å². The fraction of sp³-hybridized carbons (Fsp3) is 0.667. The SMILES string of the molecule is CCNc1cncc(C(=O)NC2CCCC(C)CC2)n1. The molecule has 1 aliphatic carbocycles. The van der Waals surface area contributed by atoms with E-state index in [9.17, 15) is 4.79 Å². The highest BCUT2D eigenvalue weighted by Gasteiger charge is 2.19. The third-order valence-corrected chi connectivity index (χ3v) is 3.82. The van der Waals surface area contributed by atoms with Crippen molar-refractivity contribution in [3.05, 3.63) is 18.1 Å². The summed E-state index contributed by atoms with van der Waals surface area (Å²) >= 11 is 0. The molecule has 0 radical (unpaired) electrons. The van der Waals surface area contributed by atoms with Crippen LogP contribution in [-0.2, 0) is 0 Å². The molecule has 1 aliphatic rings. The third-order valence-electron chi connectivity index (χ3n) is 3.82. The summed E-state index contributed by atoms with van der Waals surface area (Å²) in [4.78, 5) is 20.6. The first-order chi connectivity index (χ1) is 9.69. The third kappa shape index (κ3) is 4.18. The van der Waals surface area contributed by atoms with Crippen LogP contribution in [-0.4, -0.2) is 28.5 Å². The summed E-state index contributed by atoms with van der Waals surface area (Å²) in [5.74, 6) is 1.31. The normalized spacial score (nSPS) is 22.9. The first kappa shape index (κ1) is 14.8. The minimum absolute atomic E-state index is 0.114. The van der Waals surface area contributed by atoms with Crippen molar-refractivity contribution in [2.75, 3.05) is 11.9 Å². The van der Waals surface area contributed by atoms with Gasteiger partial charge in [-0.25, -0.2) is 4.98 Å². The molecular weight excluding hydrogens is 252 g/mol. The number of carbonyl (C=O) groups is 1. The van der Waals surface area contributed by atoms with Gasteiger partial charge in [-0.05, 0) is 32.1 Å². The summed E-state index contributed by atoms with van der Waals surface area (Å²) in [6.45, 7) is 5.04. The summed E-state index contributed by atoms with van der Waals surface area (Å²) in [5.41, 5.74) is 0.390. The smallest absolute Gasteiger partial charge is 0.271 e. The number of nitrogens with zero attached hydrogens (tertiary/aromatic N) is 2. The molecule has 2 rings (SSSR count). The molecule has 1 aromatic rings. The van der Waals surface area contributed by atoms with E-state index in [1.165, 1.54) is 25.5 Å². The Kier molecular flexibility index (Phi) is 5.32. The lowest BCUT2D eigenvalue weighted by atomic mass is 10.0. The van der Waals surface area contributed by atoms with Gasteiger partial charge in [-0.15, -0.1) is 0 Å². The van der Waals surface area contributed by atoms with E-state index in [2.05, 4.69) is 27.5 Å². The van der Waals surface area contributed by atoms with Crippen molar-refractivity contribution in [2.24, 2.45) is 5.92 Å². The Bertz CT molecular complexity index is 449. The average Bonchev–Trinajstić information content (AvgIpc) is 2.64. The topological polar surface area (TPSA) is 66.9 Å². The molecule has 0 bridgehead atoms. The Morgan fingerprint density at radius 3 is 2.95 bits per heavy atom. The molecule has 5 heteroatoms. The summed E-state index contributed by atoms with van der Waals surface area (Å²) < 4.78 is 0. The average molecular weight is 276 g/mol. The first-order valence-electron chi connectivity index (χ1n) is 7.55. The van der Waals surface area contributed by atoms with Gasteiger partial charge < -0.3 is 10.6 Å². The van der Waals surface area contributed by atoms with Gasteiger partial charge in [0.25, 0.3) is 5.91 Å². The molecule has 0 aromatic carbocycles. The molecule has 110 valence electrons. The van der Waals surface area contributed by atoms with E-state index in [1.54, 1.807) is 6.20 Å². The molecule has 1 amide bonds. The lowest BCUT2D eigenvalue weighted by molar-refractivity contribution is 0.0927. The van der Waals surface area contributed by atoms with Gasteiger partial charge in [0, 0.05) is 12.6 Å². The zero-order chi connectivity index (χ0) is 14.4. The fourth-order valence-electron chi connectivity index (χ4n) is 2.63. The minimum atomic E-state index is -0.114. The van der Waals surface area contributed by atoms with E-state index in [-0.39, 0.29) is 11.9 Å². The number of hydrogen-bond acceptors (Lipinski definition) is 4. The Morgan fingerprint density at radius 1 is 1.30 bits per heavy atom. The second-order valence-electron chi connectivity index (χ2n) is 5.60. The van der Waals surface area contributed by atoms with Gasteiger partial charge >= 0.3 is 0 Å². The number of aromatic nitrogens is 2. The molecule has 20 heavy (non-hydrogen) atoms. The molecule has 2 N–H and O–H groups in total. The number of anilines is 1. The molecule has 2 atom stereocenters. The molecule has 0 spiro atoms. The standard InChI is InChI=1S/C15H24N4O/c1-3-17-14-10-16-9-13(19-14)15(20)18-12-6-4-5-11(2)7-8-12/h9-12H,3-8H2,1-2H3,(H,17,19)(H,18,20). The van der Waals surface area contributed by atoms with Gasteiger partial charge in [0.1, 0.15) is 11.5 Å².